The number of hydrogen-bond donors (Lipinski definition) is 0. The predicted molar refractivity (Wildman–Crippen MR) is 632 cm³/mol. The van der Waals surface area contributed by atoms with Crippen molar-refractivity contribution in [1.29, 1.82) is 0 Å². The second-order valence-corrected chi connectivity index (χ2v) is 32.3. The first-order chi connectivity index (χ1) is 69.0. The molecule has 3 heterocycles. The molecule has 0 unspecified atom stereocenters. The molecule has 26 rings (SSSR count). The smallest absolute Gasteiger partial charge is 0.136 e. The first kappa shape index (κ1) is 115. The minimum absolute atomic E-state index is 0. The van der Waals surface area contributed by atoms with Crippen LogP contribution in [0, 0.1) is 137 Å². The zero-order chi connectivity index (χ0) is 97.0. The Morgan fingerprint density at radius 2 is 0.303 bits per heavy atom. The average Bonchev–Trinajstić information content (AvgIpc) is 1.40. The second-order valence-electron chi connectivity index (χ2n) is 32.3. The quantitative estimate of drug-likeness (QED) is 0.112. The van der Waals surface area contributed by atoms with Crippen LogP contribution in [-0.2, 0) is 0 Å². The third kappa shape index (κ3) is 23.1. The molecule has 0 aliphatic carbocycles. The van der Waals surface area contributed by atoms with E-state index in [1.165, 1.54) is 186 Å². The molecule has 0 fully saturated rings. The van der Waals surface area contributed by atoms with Gasteiger partial charge in [0, 0.05) is 147 Å². The first-order valence-corrected chi connectivity index (χ1v) is 50.2. The van der Waals surface area contributed by atoms with Gasteiger partial charge in [0.1, 0.15) is 33.5 Å². The minimum atomic E-state index is 0. The molecule has 23 aromatic carbocycles. The molecule has 6 heteroatoms. The molecule has 0 atom stereocenters. The molecular weight excluding hydrogens is 2210 g/mol. The standard InChI is InChI=1S/2C42H26O.C36H22O.8C2H6.3CH3.3Dy/c1-2-11-28-24-30(21-20-27(28)10-1)29-12-9-13-31(25-29)41-34-15-3-5-17-36(34)42(37-18-6-4-16-35(37)41)32-22-23-40-38(26-32)33-14-7-8-19-39(33)43-40;1-2-10-28(11-3-1)41-33-14-6-8-16-35(33)42(36-17-9-7-15-34(36)41)29-20-18-27(19-21-29)32-22-23-39-37(25-32)38-24-30-12-4-5-13-31(30)26-40(38)43-39;1-2-10-23(11-3-1)35-27-14-6-8-16-29(27)36(30-17-9-7-15-28(30)35)26-18-19-33-31(21-26)32-20-24-12-4-5-13-25(24)22-34(32)37-33;8*1-2;;;;;;/h2*1-26H;1-22H;8*1-2H3;3*1H3;;;/q;;;;;;;;;;;3*-1;;;. The Kier molecular flexibility index (Phi) is 43.2. The summed E-state index contributed by atoms with van der Waals surface area (Å²) in [6.07, 6.45) is 0. The van der Waals surface area contributed by atoms with Gasteiger partial charge in [0.15, 0.2) is 0 Å². The fraction of sp³-hybridized carbons (Fsp3) is 0.115. The van der Waals surface area contributed by atoms with Crippen LogP contribution in [0.15, 0.2) is 462 Å². The van der Waals surface area contributed by atoms with Crippen molar-refractivity contribution in [2.24, 2.45) is 0 Å². The van der Waals surface area contributed by atoms with E-state index in [1.807, 2.05) is 123 Å². The normalized spacial score (nSPS) is 10.3. The largest absolute Gasteiger partial charge is 0.456 e. The average molecular weight is 2340 g/mol. The Bertz CT molecular complexity index is 8590. The molecule has 738 valence electrons. The van der Waals surface area contributed by atoms with E-state index in [2.05, 4.69) is 437 Å². The van der Waals surface area contributed by atoms with Crippen molar-refractivity contribution in [2.75, 3.05) is 0 Å². The van der Waals surface area contributed by atoms with E-state index in [-0.39, 0.29) is 137 Å². The van der Waals surface area contributed by atoms with Gasteiger partial charge >= 0.3 is 0 Å². The van der Waals surface area contributed by atoms with Crippen molar-refractivity contribution >= 4 is 163 Å². The third-order valence-electron chi connectivity index (χ3n) is 25.3. The fourth-order valence-electron chi connectivity index (χ4n) is 19.7. The van der Waals surface area contributed by atoms with Crippen LogP contribution in [-0.4, -0.2) is 0 Å². The number of fused-ring (bicyclic) bond motifs is 18. The Morgan fingerprint density at radius 3 is 0.655 bits per heavy atom. The van der Waals surface area contributed by atoms with E-state index in [9.17, 15) is 0 Å². The molecule has 0 amide bonds. The summed E-state index contributed by atoms with van der Waals surface area (Å²) in [6, 6.07) is 162. The van der Waals surface area contributed by atoms with Gasteiger partial charge in [-0.25, -0.2) is 0 Å². The van der Waals surface area contributed by atoms with E-state index in [4.69, 9.17) is 13.3 Å². The van der Waals surface area contributed by atoms with E-state index in [0.29, 0.717) is 0 Å². The minimum Gasteiger partial charge on any atom is -0.456 e. The number of para-hydroxylation sites is 1. The van der Waals surface area contributed by atoms with Crippen molar-refractivity contribution in [3.05, 3.63) is 471 Å². The molecule has 0 radical (unpaired) electrons. The molecule has 0 saturated heterocycles. The maximum atomic E-state index is 6.30. The second kappa shape index (κ2) is 54.7. The van der Waals surface area contributed by atoms with Crippen molar-refractivity contribution in [3.63, 3.8) is 0 Å². The summed E-state index contributed by atoms with van der Waals surface area (Å²) in [4.78, 5) is 0. The number of hydrogen-bond acceptors (Lipinski definition) is 3. The van der Waals surface area contributed by atoms with Crippen LogP contribution in [0.25, 0.3) is 252 Å². The summed E-state index contributed by atoms with van der Waals surface area (Å²) in [6.45, 7) is 32.0. The summed E-state index contributed by atoms with van der Waals surface area (Å²) < 4.78 is 18.7. The number of rotatable bonds is 8. The maximum Gasteiger partial charge on any atom is 0.136 e. The first-order valence-electron chi connectivity index (χ1n) is 50.2. The van der Waals surface area contributed by atoms with E-state index < -0.39 is 0 Å². The maximum absolute atomic E-state index is 6.30. The summed E-state index contributed by atoms with van der Waals surface area (Å²) in [7, 11) is 0. The molecule has 0 aliphatic heterocycles. The van der Waals surface area contributed by atoms with Gasteiger partial charge in [0.25, 0.3) is 0 Å². The molecule has 0 aliphatic rings. The van der Waals surface area contributed by atoms with Gasteiger partial charge in [0.05, 0.1) is 0 Å². The molecule has 145 heavy (non-hydrogen) atoms. The molecule has 3 aromatic heterocycles. The third-order valence-corrected chi connectivity index (χ3v) is 25.3. The molecular formula is C139H131Dy3O3-3. The molecule has 0 bridgehead atoms. The van der Waals surface area contributed by atoms with Gasteiger partial charge in [0.2, 0.25) is 0 Å². The zero-order valence-electron chi connectivity index (χ0n) is 86.9. The van der Waals surface area contributed by atoms with E-state index in [1.54, 1.807) is 0 Å². The van der Waals surface area contributed by atoms with Crippen LogP contribution in [0.3, 0.4) is 0 Å². The van der Waals surface area contributed by atoms with Crippen LogP contribution < -0.4 is 0 Å². The van der Waals surface area contributed by atoms with Crippen LogP contribution in [0.5, 0.6) is 0 Å². The van der Waals surface area contributed by atoms with Crippen LogP contribution >= 0.6 is 0 Å². The van der Waals surface area contributed by atoms with Crippen molar-refractivity contribution < 1.29 is 128 Å². The van der Waals surface area contributed by atoms with Gasteiger partial charge in [-0.3, -0.25) is 0 Å². The SMILES string of the molecule is CC.CC.CC.CC.CC.CC.CC.CC.[CH3-].[CH3-].[CH3-].[Dy].[Dy].[Dy].c1cc(-c2ccc3ccccc3c2)cc(-c2c3ccccc3c(-c3ccc4oc5ccccc5c4c3)c3ccccc23)c1.c1ccc(-c2c3ccccc3c(-c3ccc(-c4ccc5oc6cc7ccccc7cc6c5c4)cc3)c3ccccc23)cc1.c1ccc(-c2c3ccccc3c(-c3ccc4oc5cc6ccccc6cc5c4c3)c3ccccc23)cc1. The van der Waals surface area contributed by atoms with Crippen molar-refractivity contribution in [1.82, 2.24) is 0 Å². The van der Waals surface area contributed by atoms with Crippen LogP contribution in [0.4, 0.5) is 0 Å². The van der Waals surface area contributed by atoms with Gasteiger partial charge in [-0.05, 0) is 265 Å². The Morgan fingerprint density at radius 1 is 0.110 bits per heavy atom. The summed E-state index contributed by atoms with van der Waals surface area (Å²) in [5.41, 5.74) is 25.3. The van der Waals surface area contributed by atoms with Crippen molar-refractivity contribution in [2.45, 2.75) is 111 Å². The summed E-state index contributed by atoms with van der Waals surface area (Å²) >= 11 is 0. The van der Waals surface area contributed by atoms with Gasteiger partial charge < -0.3 is 35.5 Å². The zero-order valence-corrected chi connectivity index (χ0v) is 93.0. The summed E-state index contributed by atoms with van der Waals surface area (Å²) in [5, 5.41) is 29.4. The Hall–Kier alpha value is -12.4. The molecule has 26 aromatic rings. The number of benzene rings is 23. The Labute approximate surface area is 950 Å². The molecule has 0 saturated carbocycles. The van der Waals surface area contributed by atoms with Gasteiger partial charge in [-0.15, -0.1) is 0 Å². The molecule has 0 spiro atoms. The van der Waals surface area contributed by atoms with E-state index >= 15 is 0 Å². The molecule has 0 N–H and O–H groups in total. The molecule has 3 nitrogen and oxygen atoms in total. The van der Waals surface area contributed by atoms with Crippen LogP contribution in [0.1, 0.15) is 111 Å². The predicted octanol–water partition coefficient (Wildman–Crippen LogP) is 44.0. The monoisotopic (exact) mass is 2340 g/mol. The van der Waals surface area contributed by atoms with E-state index in [0.717, 1.165) is 65.8 Å². The Balaban J connectivity index is 0.000000205. The van der Waals surface area contributed by atoms with Crippen LogP contribution in [0.2, 0.25) is 0 Å². The van der Waals surface area contributed by atoms with Gasteiger partial charge in [-0.1, -0.05) is 481 Å². The topological polar surface area (TPSA) is 39.4 Å². The summed E-state index contributed by atoms with van der Waals surface area (Å²) in [5.74, 6) is 0. The van der Waals surface area contributed by atoms with Gasteiger partial charge in [-0.2, -0.15) is 0 Å². The number of furan rings is 3. The fourth-order valence-corrected chi connectivity index (χ4v) is 19.7. The van der Waals surface area contributed by atoms with Crippen molar-refractivity contribution in [3.8, 4) is 89.0 Å².